The zero-order valence-electron chi connectivity index (χ0n) is 16.5. The van der Waals surface area contributed by atoms with Gasteiger partial charge in [-0.2, -0.15) is 13.2 Å². The van der Waals surface area contributed by atoms with Crippen LogP contribution in [0.5, 0.6) is 0 Å². The van der Waals surface area contributed by atoms with E-state index in [1.165, 1.54) is 31.0 Å². The number of halogens is 4. The van der Waals surface area contributed by atoms with E-state index in [0.29, 0.717) is 16.6 Å². The summed E-state index contributed by atoms with van der Waals surface area (Å²) in [7, 11) is 0. The molecule has 4 rings (SSSR count). The van der Waals surface area contributed by atoms with Gasteiger partial charge < -0.3 is 0 Å². The van der Waals surface area contributed by atoms with Gasteiger partial charge in [-0.15, -0.1) is 11.3 Å². The van der Waals surface area contributed by atoms with Gasteiger partial charge in [0.15, 0.2) is 0 Å². The molecule has 4 heterocycles. The molecule has 0 radical (unpaired) electrons. The number of fused-ring (bicyclic) bond motifs is 1. The molecule has 30 heavy (non-hydrogen) atoms. The van der Waals surface area contributed by atoms with Crippen LogP contribution in [0.4, 0.5) is 13.2 Å². The van der Waals surface area contributed by atoms with Crippen LogP contribution >= 0.6 is 34.7 Å². The van der Waals surface area contributed by atoms with Gasteiger partial charge in [0.2, 0.25) is 0 Å². The Morgan fingerprint density at radius 3 is 2.53 bits per heavy atom. The first-order valence-electron chi connectivity index (χ1n) is 9.62. The molecule has 1 aliphatic rings. The Bertz CT molecular complexity index is 1080. The number of hydrogen-bond acceptors (Lipinski definition) is 6. The van der Waals surface area contributed by atoms with Gasteiger partial charge in [-0.25, -0.2) is 15.0 Å². The van der Waals surface area contributed by atoms with Crippen molar-refractivity contribution in [3.8, 4) is 0 Å². The van der Waals surface area contributed by atoms with Crippen LogP contribution in [0.1, 0.15) is 41.1 Å². The first kappa shape index (κ1) is 21.8. The Morgan fingerprint density at radius 1 is 1.13 bits per heavy atom. The molecule has 3 aromatic heterocycles. The minimum Gasteiger partial charge on any atom is -0.296 e. The van der Waals surface area contributed by atoms with Crippen LogP contribution in [0.2, 0.25) is 5.02 Å². The van der Waals surface area contributed by atoms with Crippen LogP contribution in [0.15, 0.2) is 22.3 Å². The first-order valence-corrected chi connectivity index (χ1v) is 11.6. The summed E-state index contributed by atoms with van der Waals surface area (Å²) in [5.74, 6) is 0.719. The molecule has 1 aliphatic heterocycles. The van der Waals surface area contributed by atoms with E-state index in [-0.39, 0.29) is 5.02 Å². The Kier molecular flexibility index (Phi) is 6.25. The van der Waals surface area contributed by atoms with Crippen molar-refractivity contribution < 1.29 is 13.2 Å². The Balaban J connectivity index is 1.71. The van der Waals surface area contributed by atoms with Crippen molar-refractivity contribution in [3.63, 3.8) is 0 Å². The molecule has 0 aliphatic carbocycles. The maximum absolute atomic E-state index is 12.9. The average molecular weight is 473 g/mol. The molecule has 0 unspecified atom stereocenters. The van der Waals surface area contributed by atoms with E-state index in [4.69, 9.17) is 21.6 Å². The van der Waals surface area contributed by atoms with Crippen molar-refractivity contribution in [1.29, 1.82) is 0 Å². The summed E-state index contributed by atoms with van der Waals surface area (Å²) in [6, 6.07) is 0.912. The maximum Gasteiger partial charge on any atom is 0.417 e. The van der Waals surface area contributed by atoms with Crippen molar-refractivity contribution in [3.05, 3.63) is 39.1 Å². The number of piperidine rings is 1. The molecule has 0 atom stereocenters. The van der Waals surface area contributed by atoms with Gasteiger partial charge in [0.25, 0.3) is 0 Å². The third-order valence-corrected chi connectivity index (χ3v) is 7.69. The molecule has 1 saturated heterocycles. The van der Waals surface area contributed by atoms with Gasteiger partial charge in [0.1, 0.15) is 20.7 Å². The summed E-state index contributed by atoms with van der Waals surface area (Å²) in [5.41, 5.74) is 0.211. The smallest absolute Gasteiger partial charge is 0.296 e. The predicted molar refractivity (Wildman–Crippen MR) is 114 cm³/mol. The number of thiophene rings is 1. The van der Waals surface area contributed by atoms with Gasteiger partial charge in [-0.1, -0.05) is 18.0 Å². The Morgan fingerprint density at radius 2 is 1.87 bits per heavy atom. The number of rotatable bonds is 4. The topological polar surface area (TPSA) is 41.9 Å². The fraction of sp³-hybridized carbons (Fsp3) is 0.450. The second kappa shape index (κ2) is 8.61. The molecular formula is C20H20ClF3N4S2. The van der Waals surface area contributed by atoms with Gasteiger partial charge in [-0.05, 0) is 63.2 Å². The van der Waals surface area contributed by atoms with Crippen LogP contribution < -0.4 is 0 Å². The summed E-state index contributed by atoms with van der Waals surface area (Å²) in [4.78, 5) is 17.9. The molecule has 160 valence electrons. The quantitative estimate of drug-likeness (QED) is 0.405. The lowest BCUT2D eigenvalue weighted by Crippen LogP contribution is -2.29. The van der Waals surface area contributed by atoms with Crippen LogP contribution in [0.3, 0.4) is 0 Å². The molecule has 1 fully saturated rings. The average Bonchev–Trinajstić information content (AvgIpc) is 2.97. The summed E-state index contributed by atoms with van der Waals surface area (Å²) in [6.45, 7) is 6.75. The number of alkyl halides is 3. The molecule has 4 nitrogen and oxygen atoms in total. The molecular weight excluding hydrogens is 453 g/mol. The Labute approximate surface area is 185 Å². The monoisotopic (exact) mass is 472 g/mol. The number of aryl methyl sites for hydroxylation is 2. The first-order chi connectivity index (χ1) is 14.2. The predicted octanol–water partition coefficient (Wildman–Crippen LogP) is 6.51. The lowest BCUT2D eigenvalue weighted by atomic mass is 10.1. The van der Waals surface area contributed by atoms with Crippen molar-refractivity contribution >= 4 is 44.9 Å². The third kappa shape index (κ3) is 4.59. The van der Waals surface area contributed by atoms with Gasteiger partial charge in [-0.3, -0.25) is 4.90 Å². The van der Waals surface area contributed by atoms with Gasteiger partial charge >= 0.3 is 6.18 Å². The minimum atomic E-state index is -4.48. The molecule has 3 aromatic rings. The molecule has 10 heteroatoms. The van der Waals surface area contributed by atoms with Crippen LogP contribution in [-0.2, 0) is 12.7 Å². The van der Waals surface area contributed by atoms with E-state index < -0.39 is 11.7 Å². The summed E-state index contributed by atoms with van der Waals surface area (Å²) in [5, 5.41) is 1.87. The fourth-order valence-electron chi connectivity index (χ4n) is 3.46. The summed E-state index contributed by atoms with van der Waals surface area (Å²) >= 11 is 8.94. The Hall–Kier alpha value is -1.42. The number of likely N-dealkylation sites (tertiary alicyclic amines) is 1. The molecule has 0 amide bonds. The number of nitrogens with zero attached hydrogens (tertiary/aromatic N) is 4. The van der Waals surface area contributed by atoms with Crippen molar-refractivity contribution in [1.82, 2.24) is 19.9 Å². The zero-order chi connectivity index (χ0) is 21.5. The lowest BCUT2D eigenvalue weighted by Gasteiger charge is -2.25. The van der Waals surface area contributed by atoms with Crippen molar-refractivity contribution in [2.75, 3.05) is 13.1 Å². The number of pyridine rings is 1. The van der Waals surface area contributed by atoms with Crippen molar-refractivity contribution in [2.24, 2.45) is 0 Å². The number of hydrogen-bond donors (Lipinski definition) is 0. The van der Waals surface area contributed by atoms with E-state index in [2.05, 4.69) is 9.88 Å². The molecule has 0 spiro atoms. The van der Waals surface area contributed by atoms with Crippen molar-refractivity contribution in [2.45, 2.75) is 55.9 Å². The molecule has 0 saturated carbocycles. The normalized spacial score (nSPS) is 15.8. The maximum atomic E-state index is 12.9. The molecule has 0 N–H and O–H groups in total. The summed E-state index contributed by atoms with van der Waals surface area (Å²) < 4.78 is 38.8. The fourth-order valence-corrected chi connectivity index (χ4v) is 5.81. The number of aromatic nitrogens is 3. The molecule has 0 aromatic carbocycles. The summed E-state index contributed by atoms with van der Waals surface area (Å²) in [6.07, 6.45) is -0.0745. The zero-order valence-corrected chi connectivity index (χ0v) is 18.9. The highest BCUT2D eigenvalue weighted by molar-refractivity contribution is 7.99. The van der Waals surface area contributed by atoms with E-state index in [1.54, 1.807) is 11.3 Å². The highest BCUT2D eigenvalue weighted by Crippen LogP contribution is 2.40. The highest BCUT2D eigenvalue weighted by atomic mass is 35.5. The molecule has 0 bridgehead atoms. The second-order valence-corrected chi connectivity index (χ2v) is 9.94. The SMILES string of the molecule is Cc1sc2nc(CN3CCCCC3)nc(Sc3ncc(C(F)(F)F)cc3Cl)c2c1C. The highest BCUT2D eigenvalue weighted by Gasteiger charge is 2.32. The van der Waals surface area contributed by atoms with Crippen LogP contribution in [-0.4, -0.2) is 32.9 Å². The van der Waals surface area contributed by atoms with E-state index in [0.717, 1.165) is 51.8 Å². The lowest BCUT2D eigenvalue weighted by molar-refractivity contribution is -0.137. The van der Waals surface area contributed by atoms with Crippen LogP contribution in [0.25, 0.3) is 10.2 Å². The van der Waals surface area contributed by atoms with E-state index in [9.17, 15) is 13.2 Å². The van der Waals surface area contributed by atoms with E-state index in [1.807, 2.05) is 13.8 Å². The van der Waals surface area contributed by atoms with Crippen LogP contribution in [0, 0.1) is 13.8 Å². The minimum absolute atomic E-state index is 0.0382. The standard InChI is InChI=1S/C20H20ClF3N4S2/c1-11-12(2)29-18-16(11)19(27-15(26-18)10-28-6-4-3-5-7-28)30-17-14(21)8-13(9-25-17)20(22,23)24/h8-9H,3-7,10H2,1-2H3. The van der Waals surface area contributed by atoms with Gasteiger partial charge in [0, 0.05) is 16.5 Å². The largest absolute Gasteiger partial charge is 0.417 e. The third-order valence-electron chi connectivity index (χ3n) is 5.18. The second-order valence-electron chi connectivity index (χ2n) is 7.36. The van der Waals surface area contributed by atoms with Gasteiger partial charge in [0.05, 0.1) is 17.1 Å². The van der Waals surface area contributed by atoms with E-state index >= 15 is 0 Å².